The molecule has 1 aromatic heterocycles. The summed E-state index contributed by atoms with van der Waals surface area (Å²) in [6, 6.07) is 2.06. The fourth-order valence-corrected chi connectivity index (χ4v) is 2.54. The van der Waals surface area contributed by atoms with Crippen LogP contribution in [0.5, 0.6) is 5.88 Å². The maximum Gasteiger partial charge on any atom is 0.224 e. The Hall–Kier alpha value is -1.20. The Morgan fingerprint density at radius 3 is 2.76 bits per heavy atom. The van der Waals surface area contributed by atoms with Gasteiger partial charge >= 0.3 is 0 Å². The predicted molar refractivity (Wildman–Crippen MR) is 88.0 cm³/mol. The van der Waals surface area contributed by atoms with Gasteiger partial charge in [0.25, 0.3) is 0 Å². The van der Waals surface area contributed by atoms with E-state index < -0.39 is 0 Å². The van der Waals surface area contributed by atoms with Crippen molar-refractivity contribution >= 4 is 17.2 Å². The van der Waals surface area contributed by atoms with Crippen LogP contribution in [0.15, 0.2) is 6.07 Å². The van der Waals surface area contributed by atoms with Crippen LogP contribution in [0, 0.1) is 0 Å². The number of nitrogens with zero attached hydrogens (tertiary/aromatic N) is 1. The lowest BCUT2D eigenvalue weighted by atomic mass is 9.95. The second-order valence-electron chi connectivity index (χ2n) is 6.08. The van der Waals surface area contributed by atoms with Gasteiger partial charge in [0.2, 0.25) is 5.88 Å². The van der Waals surface area contributed by atoms with E-state index in [0.717, 1.165) is 30.5 Å². The number of aromatic nitrogens is 1. The van der Waals surface area contributed by atoms with Crippen LogP contribution in [0.2, 0.25) is 0 Å². The highest BCUT2D eigenvalue weighted by atomic mass is 32.1. The number of hydrogen-bond donors (Lipinski definition) is 1. The van der Waals surface area contributed by atoms with E-state index in [2.05, 4.69) is 11.1 Å². The number of aryl methyl sites for hydroxylation is 2. The maximum absolute atomic E-state index is 5.84. The predicted octanol–water partition coefficient (Wildman–Crippen LogP) is 2.79. The molecule has 0 atom stereocenters. The van der Waals surface area contributed by atoms with Crippen molar-refractivity contribution in [2.45, 2.75) is 51.6 Å². The lowest BCUT2D eigenvalue weighted by Crippen LogP contribution is -2.26. The Morgan fingerprint density at radius 2 is 2.10 bits per heavy atom. The lowest BCUT2D eigenvalue weighted by molar-refractivity contribution is 0.00505. The highest BCUT2D eigenvalue weighted by molar-refractivity contribution is 7.80. The number of fused-ring (bicyclic) bond motifs is 1. The van der Waals surface area contributed by atoms with E-state index >= 15 is 0 Å². The number of methoxy groups -OCH3 is 1. The maximum atomic E-state index is 5.84. The quantitative estimate of drug-likeness (QED) is 0.819. The molecule has 0 fully saturated rings. The van der Waals surface area contributed by atoms with E-state index in [0.29, 0.717) is 17.5 Å². The normalized spacial score (nSPS) is 14.6. The Kier molecular flexibility index (Phi) is 5.17. The summed E-state index contributed by atoms with van der Waals surface area (Å²) < 4.78 is 11.2. The SMILES string of the molecule is COC(C)(C)CCOc1nc2c(cc1C(N)=S)CCCC2. The average Bonchev–Trinajstić information content (AvgIpc) is 2.46. The van der Waals surface area contributed by atoms with E-state index in [4.69, 9.17) is 27.4 Å². The third-order valence-electron chi connectivity index (χ3n) is 4.03. The molecule has 0 spiro atoms. The summed E-state index contributed by atoms with van der Waals surface area (Å²) >= 11 is 5.13. The van der Waals surface area contributed by atoms with Crippen molar-refractivity contribution < 1.29 is 9.47 Å². The van der Waals surface area contributed by atoms with E-state index in [1.54, 1.807) is 7.11 Å². The van der Waals surface area contributed by atoms with Crippen molar-refractivity contribution in [3.05, 3.63) is 22.9 Å². The monoisotopic (exact) mass is 308 g/mol. The van der Waals surface area contributed by atoms with Gasteiger partial charge in [-0.2, -0.15) is 0 Å². The minimum atomic E-state index is -0.211. The first kappa shape index (κ1) is 16.2. The second-order valence-corrected chi connectivity index (χ2v) is 6.52. The van der Waals surface area contributed by atoms with Crippen LogP contribution in [-0.2, 0) is 17.6 Å². The van der Waals surface area contributed by atoms with Gasteiger partial charge in [0.15, 0.2) is 0 Å². The third kappa shape index (κ3) is 4.14. The molecule has 1 aliphatic rings. The minimum Gasteiger partial charge on any atom is -0.477 e. The van der Waals surface area contributed by atoms with Gasteiger partial charge in [0, 0.05) is 19.2 Å². The zero-order valence-corrected chi connectivity index (χ0v) is 13.9. The summed E-state index contributed by atoms with van der Waals surface area (Å²) in [6.07, 6.45) is 5.22. The number of nitrogens with two attached hydrogens (primary N) is 1. The Morgan fingerprint density at radius 1 is 1.38 bits per heavy atom. The molecule has 4 nitrogen and oxygen atoms in total. The van der Waals surface area contributed by atoms with Gasteiger partial charge in [-0.1, -0.05) is 12.2 Å². The van der Waals surface area contributed by atoms with Crippen LogP contribution in [0.1, 0.15) is 49.9 Å². The summed E-state index contributed by atoms with van der Waals surface area (Å²) in [5.74, 6) is 0.565. The van der Waals surface area contributed by atoms with Crippen LogP contribution >= 0.6 is 12.2 Å². The van der Waals surface area contributed by atoms with Gasteiger partial charge in [-0.05, 0) is 51.2 Å². The van der Waals surface area contributed by atoms with Gasteiger partial charge in [-0.3, -0.25) is 0 Å². The number of thiocarbonyl (C=S) groups is 1. The van der Waals surface area contributed by atoms with Gasteiger partial charge in [0.1, 0.15) is 4.99 Å². The Balaban J connectivity index is 2.15. The Bertz CT molecular complexity index is 529. The van der Waals surface area contributed by atoms with Crippen LogP contribution in [0.4, 0.5) is 0 Å². The van der Waals surface area contributed by atoms with Crippen LogP contribution in [-0.4, -0.2) is 29.3 Å². The highest BCUT2D eigenvalue weighted by Gasteiger charge is 2.20. The molecular weight excluding hydrogens is 284 g/mol. The summed E-state index contributed by atoms with van der Waals surface area (Å²) in [5.41, 5.74) is 8.74. The lowest BCUT2D eigenvalue weighted by Gasteiger charge is -2.23. The molecule has 116 valence electrons. The molecule has 0 aliphatic heterocycles. The molecule has 1 aromatic rings. The number of pyridine rings is 1. The van der Waals surface area contributed by atoms with Gasteiger partial charge in [-0.15, -0.1) is 0 Å². The molecule has 0 bridgehead atoms. The topological polar surface area (TPSA) is 57.4 Å². The summed E-state index contributed by atoms with van der Waals surface area (Å²) in [4.78, 5) is 4.99. The van der Waals surface area contributed by atoms with E-state index in [1.165, 1.54) is 18.4 Å². The summed E-state index contributed by atoms with van der Waals surface area (Å²) in [6.45, 7) is 4.60. The molecule has 5 heteroatoms. The molecular formula is C16H24N2O2S. The molecule has 0 saturated carbocycles. The molecule has 0 amide bonds. The van der Waals surface area contributed by atoms with E-state index in [1.807, 2.05) is 13.8 Å². The molecule has 0 radical (unpaired) electrons. The first-order chi connectivity index (χ1) is 9.93. The summed E-state index contributed by atoms with van der Waals surface area (Å²) in [7, 11) is 1.71. The average molecular weight is 308 g/mol. The number of hydrogen-bond acceptors (Lipinski definition) is 4. The molecule has 1 aliphatic carbocycles. The van der Waals surface area contributed by atoms with Gasteiger partial charge in [0.05, 0.1) is 17.8 Å². The Labute approximate surface area is 132 Å². The third-order valence-corrected chi connectivity index (χ3v) is 4.25. The zero-order chi connectivity index (χ0) is 15.5. The zero-order valence-electron chi connectivity index (χ0n) is 13.1. The van der Waals surface area contributed by atoms with E-state index in [9.17, 15) is 0 Å². The molecule has 2 rings (SSSR count). The van der Waals surface area contributed by atoms with Crippen molar-refractivity contribution in [2.24, 2.45) is 5.73 Å². The fraction of sp³-hybridized carbons (Fsp3) is 0.625. The van der Waals surface area contributed by atoms with Crippen LogP contribution < -0.4 is 10.5 Å². The van der Waals surface area contributed by atoms with Crippen molar-refractivity contribution in [1.82, 2.24) is 4.98 Å². The number of ether oxygens (including phenoxy) is 2. The molecule has 1 heterocycles. The fourth-order valence-electron chi connectivity index (χ4n) is 2.40. The summed E-state index contributed by atoms with van der Waals surface area (Å²) in [5, 5.41) is 0. The van der Waals surface area contributed by atoms with Crippen molar-refractivity contribution in [3.8, 4) is 5.88 Å². The minimum absolute atomic E-state index is 0.211. The van der Waals surface area contributed by atoms with Crippen molar-refractivity contribution in [3.63, 3.8) is 0 Å². The molecule has 21 heavy (non-hydrogen) atoms. The van der Waals surface area contributed by atoms with Crippen LogP contribution in [0.3, 0.4) is 0 Å². The molecule has 0 aromatic carbocycles. The van der Waals surface area contributed by atoms with Crippen molar-refractivity contribution in [1.29, 1.82) is 0 Å². The number of rotatable bonds is 6. The molecule has 0 unspecified atom stereocenters. The molecule has 2 N–H and O–H groups in total. The smallest absolute Gasteiger partial charge is 0.224 e. The second kappa shape index (κ2) is 6.71. The largest absolute Gasteiger partial charge is 0.477 e. The first-order valence-corrected chi connectivity index (χ1v) is 7.84. The van der Waals surface area contributed by atoms with Gasteiger partial charge in [-0.25, -0.2) is 4.98 Å². The highest BCUT2D eigenvalue weighted by Crippen LogP contribution is 2.26. The molecule has 0 saturated heterocycles. The standard InChI is InChI=1S/C16H24N2O2S/c1-16(2,19-3)8-9-20-15-12(14(17)21)10-11-6-4-5-7-13(11)18-15/h10H,4-9H2,1-3H3,(H2,17,21). The first-order valence-electron chi connectivity index (χ1n) is 7.43. The van der Waals surface area contributed by atoms with E-state index in [-0.39, 0.29) is 5.60 Å². The van der Waals surface area contributed by atoms with Crippen molar-refractivity contribution in [2.75, 3.05) is 13.7 Å². The van der Waals surface area contributed by atoms with Crippen LogP contribution in [0.25, 0.3) is 0 Å². The van der Waals surface area contributed by atoms with Gasteiger partial charge < -0.3 is 15.2 Å².